The van der Waals surface area contributed by atoms with Crippen LogP contribution < -0.4 is 0 Å². The Morgan fingerprint density at radius 1 is 1.25 bits per heavy atom. The topological polar surface area (TPSA) is 3.24 Å². The first-order valence-electron chi connectivity index (χ1n) is 4.42. The van der Waals surface area contributed by atoms with Gasteiger partial charge in [-0.1, -0.05) is 29.8 Å². The maximum absolute atomic E-state index is 3.47. The van der Waals surface area contributed by atoms with E-state index in [1.165, 1.54) is 32.5 Å². The second kappa shape index (κ2) is 5.61. The average molecular weight is 301 g/mol. The van der Waals surface area contributed by atoms with Crippen molar-refractivity contribution in [3.8, 4) is 0 Å². The molecule has 0 amide bonds. The number of hydrogen-bond acceptors (Lipinski definition) is 1. The van der Waals surface area contributed by atoms with Gasteiger partial charge in [-0.05, 0) is 31.3 Å². The Labute approximate surface area is 94.8 Å². The lowest BCUT2D eigenvalue weighted by atomic mass is 9.83. The van der Waals surface area contributed by atoms with Crippen molar-refractivity contribution in [1.82, 2.24) is 4.90 Å². The van der Waals surface area contributed by atoms with Crippen LogP contribution >= 0.6 is 32.9 Å². The van der Waals surface area contributed by atoms with Crippen LogP contribution in [0.2, 0.25) is 0 Å². The summed E-state index contributed by atoms with van der Waals surface area (Å²) in [6, 6.07) is 0. The van der Waals surface area contributed by atoms with Gasteiger partial charge in [0, 0.05) is 11.9 Å². The molecule has 0 bridgehead atoms. The Morgan fingerprint density at radius 2 is 1.75 bits per heavy atom. The summed E-state index contributed by atoms with van der Waals surface area (Å²) in [6.45, 7) is 8.55. The molecular formula is C9H19Br2N. The van der Waals surface area contributed by atoms with Crippen LogP contribution in [-0.4, -0.2) is 29.9 Å². The molecular weight excluding hydrogens is 282 g/mol. The number of halogens is 2. The number of nitrogens with zero attached hydrogens (tertiary/aromatic N) is 1. The normalized spacial score (nSPS) is 23.2. The van der Waals surface area contributed by atoms with Crippen molar-refractivity contribution in [3.05, 3.63) is 0 Å². The van der Waals surface area contributed by atoms with Crippen molar-refractivity contribution in [2.24, 2.45) is 5.41 Å². The summed E-state index contributed by atoms with van der Waals surface area (Å²) in [4.78, 5) is 2.54. The van der Waals surface area contributed by atoms with Crippen LogP contribution in [0.15, 0.2) is 0 Å². The number of rotatable bonds is 2. The van der Waals surface area contributed by atoms with Crippen LogP contribution in [0.5, 0.6) is 0 Å². The van der Waals surface area contributed by atoms with E-state index in [1.807, 2.05) is 0 Å². The second-order valence-corrected chi connectivity index (χ2v) is 4.99. The summed E-state index contributed by atoms with van der Waals surface area (Å²) in [5.74, 6) is 0. The van der Waals surface area contributed by atoms with Crippen LogP contribution in [0.1, 0.15) is 26.7 Å². The van der Waals surface area contributed by atoms with Crippen molar-refractivity contribution in [3.63, 3.8) is 0 Å². The fourth-order valence-corrected chi connectivity index (χ4v) is 2.00. The van der Waals surface area contributed by atoms with E-state index in [0.717, 1.165) is 5.33 Å². The predicted molar refractivity (Wildman–Crippen MR) is 63.6 cm³/mol. The van der Waals surface area contributed by atoms with Crippen molar-refractivity contribution in [2.45, 2.75) is 26.7 Å². The fourth-order valence-electron chi connectivity index (χ4n) is 1.50. The lowest BCUT2D eigenvalue weighted by molar-refractivity contribution is 0.139. The van der Waals surface area contributed by atoms with Gasteiger partial charge in [0.1, 0.15) is 0 Å². The van der Waals surface area contributed by atoms with E-state index in [4.69, 9.17) is 0 Å². The molecule has 1 heterocycles. The molecule has 74 valence electrons. The van der Waals surface area contributed by atoms with Gasteiger partial charge in [-0.3, -0.25) is 0 Å². The number of likely N-dealkylation sites (tertiary alicyclic amines) is 1. The Balaban J connectivity index is 0.00000121. The summed E-state index contributed by atoms with van der Waals surface area (Å²) >= 11 is 3.47. The Hall–Kier alpha value is 0.920. The zero-order valence-corrected chi connectivity index (χ0v) is 11.3. The highest BCUT2D eigenvalue weighted by Gasteiger charge is 2.24. The Morgan fingerprint density at radius 3 is 2.17 bits per heavy atom. The molecule has 1 rings (SSSR count). The third kappa shape index (κ3) is 4.24. The molecule has 0 atom stereocenters. The molecule has 0 aliphatic carbocycles. The number of alkyl halides is 1. The summed E-state index contributed by atoms with van der Waals surface area (Å²) in [7, 11) is 0. The molecule has 0 spiro atoms. The summed E-state index contributed by atoms with van der Waals surface area (Å²) in [5, 5.41) is 1.12. The Bertz CT molecular complexity index is 116. The molecule has 0 aromatic heterocycles. The zero-order valence-electron chi connectivity index (χ0n) is 7.98. The molecule has 0 radical (unpaired) electrons. The monoisotopic (exact) mass is 299 g/mol. The van der Waals surface area contributed by atoms with E-state index < -0.39 is 0 Å². The highest BCUT2D eigenvalue weighted by molar-refractivity contribution is 9.09. The van der Waals surface area contributed by atoms with Gasteiger partial charge < -0.3 is 4.90 Å². The maximum Gasteiger partial charge on any atom is 0.0159 e. The number of piperidine rings is 1. The molecule has 0 saturated carbocycles. The van der Waals surface area contributed by atoms with Gasteiger partial charge in [-0.15, -0.1) is 17.0 Å². The van der Waals surface area contributed by atoms with Gasteiger partial charge in [-0.25, -0.2) is 0 Å². The quantitative estimate of drug-likeness (QED) is 0.709. The SMILES string of the molecule is Br.CC1(C)CCN(CCBr)CC1. The van der Waals surface area contributed by atoms with Gasteiger partial charge in [-0.2, -0.15) is 0 Å². The van der Waals surface area contributed by atoms with Gasteiger partial charge in [0.2, 0.25) is 0 Å². The molecule has 1 fully saturated rings. The third-order valence-corrected chi connectivity index (χ3v) is 2.96. The highest BCUT2D eigenvalue weighted by atomic mass is 79.9. The minimum atomic E-state index is 0. The molecule has 0 aromatic carbocycles. The Kier molecular flexibility index (Phi) is 6.04. The molecule has 12 heavy (non-hydrogen) atoms. The molecule has 0 aromatic rings. The van der Waals surface area contributed by atoms with Crippen LogP contribution in [0.4, 0.5) is 0 Å². The fraction of sp³-hybridized carbons (Fsp3) is 1.00. The lowest BCUT2D eigenvalue weighted by Crippen LogP contribution is -2.38. The van der Waals surface area contributed by atoms with E-state index in [9.17, 15) is 0 Å². The largest absolute Gasteiger partial charge is 0.302 e. The third-order valence-electron chi connectivity index (χ3n) is 2.61. The average Bonchev–Trinajstić information content (AvgIpc) is 1.94. The van der Waals surface area contributed by atoms with Crippen molar-refractivity contribution in [1.29, 1.82) is 0 Å². The first kappa shape index (κ1) is 12.9. The molecule has 0 N–H and O–H groups in total. The molecule has 1 nitrogen and oxygen atoms in total. The maximum atomic E-state index is 3.47. The minimum absolute atomic E-state index is 0. The van der Waals surface area contributed by atoms with Gasteiger partial charge in [0.25, 0.3) is 0 Å². The van der Waals surface area contributed by atoms with Crippen LogP contribution in [0.25, 0.3) is 0 Å². The molecule has 1 saturated heterocycles. The molecule has 1 aliphatic rings. The highest BCUT2D eigenvalue weighted by Crippen LogP contribution is 2.29. The zero-order chi connectivity index (χ0) is 8.32. The van der Waals surface area contributed by atoms with E-state index in [1.54, 1.807) is 0 Å². The van der Waals surface area contributed by atoms with Crippen LogP contribution in [-0.2, 0) is 0 Å². The standard InChI is InChI=1S/C9H18BrN.BrH/c1-9(2)3-6-11(7-4-9)8-5-10;/h3-8H2,1-2H3;1H. The van der Waals surface area contributed by atoms with Crippen molar-refractivity contribution in [2.75, 3.05) is 25.0 Å². The predicted octanol–water partition coefficient (Wildman–Crippen LogP) is 3.08. The van der Waals surface area contributed by atoms with E-state index in [2.05, 4.69) is 34.7 Å². The van der Waals surface area contributed by atoms with Gasteiger partial charge in [0.05, 0.1) is 0 Å². The molecule has 3 heteroatoms. The van der Waals surface area contributed by atoms with E-state index >= 15 is 0 Å². The molecule has 0 unspecified atom stereocenters. The number of hydrogen-bond donors (Lipinski definition) is 0. The molecule has 1 aliphatic heterocycles. The summed E-state index contributed by atoms with van der Waals surface area (Å²) in [6.07, 6.45) is 2.72. The summed E-state index contributed by atoms with van der Waals surface area (Å²) in [5.41, 5.74) is 0.600. The van der Waals surface area contributed by atoms with Gasteiger partial charge in [0.15, 0.2) is 0 Å². The van der Waals surface area contributed by atoms with E-state index in [-0.39, 0.29) is 17.0 Å². The summed E-state index contributed by atoms with van der Waals surface area (Å²) < 4.78 is 0. The first-order chi connectivity index (χ1) is 5.14. The van der Waals surface area contributed by atoms with Crippen LogP contribution in [0, 0.1) is 5.41 Å². The van der Waals surface area contributed by atoms with Crippen molar-refractivity contribution >= 4 is 32.9 Å². The van der Waals surface area contributed by atoms with Crippen LogP contribution in [0.3, 0.4) is 0 Å². The van der Waals surface area contributed by atoms with Crippen molar-refractivity contribution < 1.29 is 0 Å². The smallest absolute Gasteiger partial charge is 0.0159 e. The lowest BCUT2D eigenvalue weighted by Gasteiger charge is -2.36. The van der Waals surface area contributed by atoms with Gasteiger partial charge >= 0.3 is 0 Å². The first-order valence-corrected chi connectivity index (χ1v) is 5.54. The van der Waals surface area contributed by atoms with E-state index in [0.29, 0.717) is 5.41 Å². The minimum Gasteiger partial charge on any atom is -0.302 e. The second-order valence-electron chi connectivity index (χ2n) is 4.19.